The van der Waals surface area contributed by atoms with E-state index in [1.165, 1.54) is 54.5 Å². The van der Waals surface area contributed by atoms with Crippen LogP contribution in [0.4, 0.5) is 17.1 Å². The Kier molecular flexibility index (Phi) is 9.53. The molecular formula is C68H44N2O. The first-order valence-electron chi connectivity index (χ1n) is 24.3. The summed E-state index contributed by atoms with van der Waals surface area (Å²) in [4.78, 5) is 2.36. The summed E-state index contributed by atoms with van der Waals surface area (Å²) in [6.07, 6.45) is 0. The first-order valence-corrected chi connectivity index (χ1v) is 24.3. The van der Waals surface area contributed by atoms with E-state index < -0.39 is 0 Å². The average Bonchev–Trinajstić information content (AvgIpc) is 4.00. The number of nitrogens with zero attached hydrogens (tertiary/aromatic N) is 2. The zero-order valence-corrected chi connectivity index (χ0v) is 38.7. The van der Waals surface area contributed by atoms with Crippen molar-refractivity contribution in [1.29, 1.82) is 0 Å². The Morgan fingerprint density at radius 1 is 0.282 bits per heavy atom. The SMILES string of the molecule is c1ccc(-c2cccc3c2oc2ccc(-c4ccc(N(c5ccc(-c6cccc(-n7c8ccccc8c8ccccc87)c6)cc5)c5ccc(-c6cc7ccccc7c7ccccc67)cc5)cc4)cc23)cc1. The molecule has 0 amide bonds. The number of furan rings is 1. The van der Waals surface area contributed by atoms with Crippen molar-refractivity contribution in [2.45, 2.75) is 0 Å². The van der Waals surface area contributed by atoms with Crippen LogP contribution >= 0.6 is 0 Å². The largest absolute Gasteiger partial charge is 0.455 e. The zero-order chi connectivity index (χ0) is 46.8. The maximum Gasteiger partial charge on any atom is 0.143 e. The predicted octanol–water partition coefficient (Wildman–Crippen LogP) is 19.1. The second-order valence-corrected chi connectivity index (χ2v) is 18.4. The molecule has 3 heteroatoms. The highest BCUT2D eigenvalue weighted by atomic mass is 16.3. The molecule has 14 aromatic rings. The Hall–Kier alpha value is -9.44. The highest BCUT2D eigenvalue weighted by Gasteiger charge is 2.18. The summed E-state index contributed by atoms with van der Waals surface area (Å²) >= 11 is 0. The summed E-state index contributed by atoms with van der Waals surface area (Å²) in [6.45, 7) is 0. The van der Waals surface area contributed by atoms with E-state index in [0.717, 1.165) is 78.1 Å². The van der Waals surface area contributed by atoms with E-state index in [1.54, 1.807) is 0 Å². The Morgan fingerprint density at radius 3 is 1.45 bits per heavy atom. The van der Waals surface area contributed by atoms with Crippen LogP contribution in [0.1, 0.15) is 0 Å². The molecule has 0 N–H and O–H groups in total. The average molecular weight is 905 g/mol. The van der Waals surface area contributed by atoms with Gasteiger partial charge in [0, 0.05) is 49.9 Å². The highest BCUT2D eigenvalue weighted by Crippen LogP contribution is 2.42. The molecule has 0 radical (unpaired) electrons. The van der Waals surface area contributed by atoms with Crippen LogP contribution in [-0.2, 0) is 0 Å². The van der Waals surface area contributed by atoms with Gasteiger partial charge in [-0.05, 0) is 139 Å². The maximum atomic E-state index is 6.54. The van der Waals surface area contributed by atoms with E-state index in [-0.39, 0.29) is 0 Å². The Morgan fingerprint density at radius 2 is 0.775 bits per heavy atom. The van der Waals surface area contributed by atoms with E-state index in [2.05, 4.69) is 270 Å². The highest BCUT2D eigenvalue weighted by molar-refractivity contribution is 6.14. The summed E-state index contributed by atoms with van der Waals surface area (Å²) in [5, 5.41) is 9.78. The number of aromatic nitrogens is 1. The van der Waals surface area contributed by atoms with Crippen molar-refractivity contribution in [1.82, 2.24) is 4.57 Å². The Bertz CT molecular complexity index is 4260. The third kappa shape index (κ3) is 6.89. The van der Waals surface area contributed by atoms with Crippen molar-refractivity contribution in [3.05, 3.63) is 267 Å². The van der Waals surface area contributed by atoms with E-state index in [1.807, 2.05) is 6.07 Å². The van der Waals surface area contributed by atoms with Crippen LogP contribution in [0.2, 0.25) is 0 Å². The molecule has 0 aliphatic carbocycles. The van der Waals surface area contributed by atoms with Crippen LogP contribution in [0.25, 0.3) is 115 Å². The van der Waals surface area contributed by atoms with Gasteiger partial charge in [0.25, 0.3) is 0 Å². The second-order valence-electron chi connectivity index (χ2n) is 18.4. The van der Waals surface area contributed by atoms with Crippen molar-refractivity contribution in [3.8, 4) is 50.2 Å². The first kappa shape index (κ1) is 40.6. The Balaban J connectivity index is 0.845. The molecule has 71 heavy (non-hydrogen) atoms. The molecule has 14 rings (SSSR count). The van der Waals surface area contributed by atoms with Gasteiger partial charge in [-0.15, -0.1) is 0 Å². The molecule has 0 aliphatic heterocycles. The monoisotopic (exact) mass is 904 g/mol. The first-order chi connectivity index (χ1) is 35.2. The summed E-state index contributed by atoms with van der Waals surface area (Å²) in [5.41, 5.74) is 17.8. The number of fused-ring (bicyclic) bond motifs is 9. The van der Waals surface area contributed by atoms with Gasteiger partial charge in [0.05, 0.1) is 11.0 Å². The summed E-state index contributed by atoms with van der Waals surface area (Å²) in [6, 6.07) is 96.6. The molecule has 2 aromatic heterocycles. The lowest BCUT2D eigenvalue weighted by molar-refractivity contribution is 0.670. The summed E-state index contributed by atoms with van der Waals surface area (Å²) in [7, 11) is 0. The van der Waals surface area contributed by atoms with Crippen LogP contribution in [-0.4, -0.2) is 4.57 Å². The van der Waals surface area contributed by atoms with Gasteiger partial charge in [0.1, 0.15) is 11.2 Å². The number of benzene rings is 12. The van der Waals surface area contributed by atoms with Gasteiger partial charge in [-0.1, -0.05) is 188 Å². The van der Waals surface area contributed by atoms with E-state index in [4.69, 9.17) is 4.42 Å². The predicted molar refractivity (Wildman–Crippen MR) is 299 cm³/mol. The Labute approximate surface area is 411 Å². The van der Waals surface area contributed by atoms with Gasteiger partial charge in [-0.3, -0.25) is 0 Å². The van der Waals surface area contributed by atoms with E-state index in [0.29, 0.717) is 0 Å². The molecule has 3 nitrogen and oxygen atoms in total. The number of rotatable bonds is 8. The van der Waals surface area contributed by atoms with Gasteiger partial charge in [-0.25, -0.2) is 0 Å². The van der Waals surface area contributed by atoms with Crippen LogP contribution in [0.15, 0.2) is 271 Å². The minimum atomic E-state index is 0.886. The van der Waals surface area contributed by atoms with Crippen molar-refractivity contribution in [2.75, 3.05) is 4.90 Å². The molecule has 0 atom stereocenters. The quantitative estimate of drug-likeness (QED) is 0.142. The third-order valence-electron chi connectivity index (χ3n) is 14.4. The van der Waals surface area contributed by atoms with Crippen LogP contribution < -0.4 is 4.90 Å². The third-order valence-corrected chi connectivity index (χ3v) is 14.4. The van der Waals surface area contributed by atoms with Gasteiger partial charge < -0.3 is 13.9 Å². The number of hydrogen-bond acceptors (Lipinski definition) is 2. The number of para-hydroxylation sites is 3. The second kappa shape index (κ2) is 16.7. The van der Waals surface area contributed by atoms with E-state index in [9.17, 15) is 0 Å². The molecular weight excluding hydrogens is 861 g/mol. The van der Waals surface area contributed by atoms with Crippen molar-refractivity contribution in [3.63, 3.8) is 0 Å². The van der Waals surface area contributed by atoms with Gasteiger partial charge in [0.2, 0.25) is 0 Å². The van der Waals surface area contributed by atoms with Gasteiger partial charge in [0.15, 0.2) is 0 Å². The maximum absolute atomic E-state index is 6.54. The smallest absolute Gasteiger partial charge is 0.143 e. The normalized spacial score (nSPS) is 11.7. The standard InChI is InChI=1S/C68H44N2O/c1-2-14-47(15-3-1)57-24-13-25-62-64-43-50(34-41-67(64)71-68(57)62)46-30-37-53(38-31-46)69(54-39-32-48(33-40-54)63-44-51-16-4-5-19-56(51)58-20-6-7-21-59(58)63)52-35-28-45(29-36-52)49-17-12-18-55(42-49)70-65-26-10-8-22-60(65)61-23-9-11-27-66(61)70/h1-44H. The minimum Gasteiger partial charge on any atom is -0.455 e. The fourth-order valence-corrected chi connectivity index (χ4v) is 11.0. The molecule has 0 bridgehead atoms. The lowest BCUT2D eigenvalue weighted by Crippen LogP contribution is -2.09. The van der Waals surface area contributed by atoms with Crippen LogP contribution in [0, 0.1) is 0 Å². The molecule has 0 fully saturated rings. The van der Waals surface area contributed by atoms with Crippen molar-refractivity contribution in [2.24, 2.45) is 0 Å². The molecule has 0 aliphatic rings. The number of anilines is 3. The van der Waals surface area contributed by atoms with Gasteiger partial charge >= 0.3 is 0 Å². The van der Waals surface area contributed by atoms with Crippen LogP contribution in [0.3, 0.4) is 0 Å². The fraction of sp³-hybridized carbons (Fsp3) is 0. The molecule has 0 spiro atoms. The molecule has 0 saturated heterocycles. The summed E-state index contributed by atoms with van der Waals surface area (Å²) < 4.78 is 8.92. The van der Waals surface area contributed by atoms with Crippen molar-refractivity contribution >= 4 is 82.4 Å². The molecule has 12 aromatic carbocycles. The zero-order valence-electron chi connectivity index (χ0n) is 38.7. The van der Waals surface area contributed by atoms with Gasteiger partial charge in [-0.2, -0.15) is 0 Å². The topological polar surface area (TPSA) is 21.3 Å². The molecule has 0 saturated carbocycles. The van der Waals surface area contributed by atoms with Crippen LogP contribution in [0.5, 0.6) is 0 Å². The minimum absolute atomic E-state index is 0.886. The molecule has 0 unspecified atom stereocenters. The molecule has 332 valence electrons. The van der Waals surface area contributed by atoms with E-state index >= 15 is 0 Å². The lowest BCUT2D eigenvalue weighted by Gasteiger charge is -2.26. The lowest BCUT2D eigenvalue weighted by atomic mass is 9.93. The summed E-state index contributed by atoms with van der Waals surface area (Å²) in [5.74, 6) is 0. The molecule has 2 heterocycles. The fourth-order valence-electron chi connectivity index (χ4n) is 11.0. The van der Waals surface area contributed by atoms with Crippen molar-refractivity contribution < 1.29 is 4.42 Å². The number of hydrogen-bond donors (Lipinski definition) is 0.